The number of aldehydes is 1. The van der Waals surface area contributed by atoms with Crippen molar-refractivity contribution in [2.24, 2.45) is 0 Å². The van der Waals surface area contributed by atoms with Gasteiger partial charge in [-0.05, 0) is 10.8 Å². The van der Waals surface area contributed by atoms with E-state index in [4.69, 9.17) is 0 Å². The van der Waals surface area contributed by atoms with Crippen molar-refractivity contribution in [3.05, 3.63) is 54.5 Å². The van der Waals surface area contributed by atoms with Gasteiger partial charge < -0.3 is 4.98 Å². The zero-order valence-corrected chi connectivity index (χ0v) is 9.05. The third kappa shape index (κ3) is 1.61. The van der Waals surface area contributed by atoms with Crippen LogP contribution < -0.4 is 0 Å². The molecule has 3 nitrogen and oxygen atoms in total. The number of carbonyl (C=O) groups excluding carboxylic acids is 1. The molecular weight excluding hydrogens is 212 g/mol. The Morgan fingerprint density at radius 3 is 2.71 bits per heavy atom. The summed E-state index contributed by atoms with van der Waals surface area (Å²) in [5, 5.41) is 2.32. The van der Waals surface area contributed by atoms with Crippen LogP contribution in [0.2, 0.25) is 0 Å². The van der Waals surface area contributed by atoms with Crippen LogP contribution in [0.5, 0.6) is 0 Å². The maximum Gasteiger partial charge on any atom is 0.185 e. The number of fused-ring (bicyclic) bond motifs is 1. The zero-order valence-electron chi connectivity index (χ0n) is 9.05. The molecule has 1 heterocycles. The third-order valence-electron chi connectivity index (χ3n) is 2.79. The van der Waals surface area contributed by atoms with Crippen LogP contribution in [-0.4, -0.2) is 16.3 Å². The van der Waals surface area contributed by atoms with Gasteiger partial charge in [-0.1, -0.05) is 42.5 Å². The van der Waals surface area contributed by atoms with Crippen molar-refractivity contribution in [2.75, 3.05) is 0 Å². The van der Waals surface area contributed by atoms with Crippen LogP contribution in [0.25, 0.3) is 22.0 Å². The largest absolute Gasteiger partial charge is 0.336 e. The molecule has 0 aliphatic heterocycles. The fraction of sp³-hybridized carbons (Fsp3) is 0. The van der Waals surface area contributed by atoms with E-state index in [1.54, 1.807) is 6.20 Å². The molecule has 82 valence electrons. The minimum atomic E-state index is 0.355. The Bertz CT molecular complexity index is 680. The van der Waals surface area contributed by atoms with Crippen LogP contribution in [0.1, 0.15) is 10.6 Å². The summed E-state index contributed by atoms with van der Waals surface area (Å²) >= 11 is 0. The summed E-state index contributed by atoms with van der Waals surface area (Å²) in [5.41, 5.74) is 1.92. The van der Waals surface area contributed by atoms with E-state index >= 15 is 0 Å². The maximum absolute atomic E-state index is 10.6. The Morgan fingerprint density at radius 2 is 1.88 bits per heavy atom. The van der Waals surface area contributed by atoms with E-state index in [1.165, 1.54) is 5.39 Å². The van der Waals surface area contributed by atoms with Gasteiger partial charge in [0, 0.05) is 5.56 Å². The van der Waals surface area contributed by atoms with Crippen molar-refractivity contribution in [1.29, 1.82) is 0 Å². The number of hydrogen-bond acceptors (Lipinski definition) is 2. The lowest BCUT2D eigenvalue weighted by Crippen LogP contribution is -1.83. The molecule has 0 bridgehead atoms. The first-order valence-electron chi connectivity index (χ1n) is 5.37. The molecule has 1 aromatic heterocycles. The number of carbonyl (C=O) groups is 1. The average Bonchev–Trinajstić information content (AvgIpc) is 2.87. The van der Waals surface area contributed by atoms with E-state index in [1.807, 2.05) is 24.3 Å². The Kier molecular flexibility index (Phi) is 2.22. The number of nitrogens with one attached hydrogen (secondary N) is 1. The summed E-state index contributed by atoms with van der Waals surface area (Å²) in [4.78, 5) is 17.6. The van der Waals surface area contributed by atoms with Crippen molar-refractivity contribution in [2.45, 2.75) is 0 Å². The Morgan fingerprint density at radius 1 is 1.06 bits per heavy atom. The quantitative estimate of drug-likeness (QED) is 0.677. The fourth-order valence-electron chi connectivity index (χ4n) is 1.99. The minimum Gasteiger partial charge on any atom is -0.336 e. The van der Waals surface area contributed by atoms with Gasteiger partial charge in [0.15, 0.2) is 12.1 Å². The Labute approximate surface area is 98.1 Å². The van der Waals surface area contributed by atoms with Crippen LogP contribution >= 0.6 is 0 Å². The van der Waals surface area contributed by atoms with Gasteiger partial charge >= 0.3 is 0 Å². The van der Waals surface area contributed by atoms with Gasteiger partial charge in [-0.3, -0.25) is 4.79 Å². The molecule has 3 aromatic rings. The normalized spacial score (nSPS) is 10.6. The van der Waals surface area contributed by atoms with Gasteiger partial charge in [-0.15, -0.1) is 0 Å². The molecule has 0 aliphatic rings. The lowest BCUT2D eigenvalue weighted by Gasteiger charge is -2.03. The molecule has 0 radical (unpaired) electrons. The highest BCUT2D eigenvalue weighted by Gasteiger charge is 2.05. The number of rotatable bonds is 2. The number of aromatic amines is 1. The van der Waals surface area contributed by atoms with E-state index in [0.29, 0.717) is 12.1 Å². The molecule has 0 aliphatic carbocycles. The second kappa shape index (κ2) is 3.87. The summed E-state index contributed by atoms with van der Waals surface area (Å²) in [5.74, 6) is 0.355. The minimum absolute atomic E-state index is 0.355. The van der Waals surface area contributed by atoms with Gasteiger partial charge in [0.2, 0.25) is 0 Å². The SMILES string of the molecule is O=Cc1ncc(-c2cccc3ccccc23)[nH]1. The van der Waals surface area contributed by atoms with Crippen LogP contribution in [0, 0.1) is 0 Å². The highest BCUT2D eigenvalue weighted by molar-refractivity contribution is 5.95. The summed E-state index contributed by atoms with van der Waals surface area (Å²) in [6, 6.07) is 14.2. The van der Waals surface area contributed by atoms with Crippen LogP contribution in [0.4, 0.5) is 0 Å². The third-order valence-corrected chi connectivity index (χ3v) is 2.79. The van der Waals surface area contributed by atoms with Crippen molar-refractivity contribution in [3.63, 3.8) is 0 Å². The molecule has 17 heavy (non-hydrogen) atoms. The number of aromatic nitrogens is 2. The first-order chi connectivity index (χ1) is 8.38. The summed E-state index contributed by atoms with van der Waals surface area (Å²) < 4.78 is 0. The van der Waals surface area contributed by atoms with E-state index < -0.39 is 0 Å². The number of benzene rings is 2. The van der Waals surface area contributed by atoms with Crippen LogP contribution in [0.15, 0.2) is 48.7 Å². The molecule has 3 rings (SSSR count). The molecule has 2 aromatic carbocycles. The second-order valence-corrected chi connectivity index (χ2v) is 3.83. The summed E-state index contributed by atoms with van der Waals surface area (Å²) in [6.45, 7) is 0. The first kappa shape index (κ1) is 9.78. The van der Waals surface area contributed by atoms with Gasteiger partial charge in [0.25, 0.3) is 0 Å². The zero-order chi connectivity index (χ0) is 11.7. The molecule has 3 heteroatoms. The van der Waals surface area contributed by atoms with Crippen LogP contribution in [-0.2, 0) is 0 Å². The lowest BCUT2D eigenvalue weighted by molar-refractivity contribution is 0.111. The molecule has 1 N–H and O–H groups in total. The predicted molar refractivity (Wildman–Crippen MR) is 66.9 cm³/mol. The molecule has 0 saturated heterocycles. The number of imidazole rings is 1. The molecule has 0 spiro atoms. The van der Waals surface area contributed by atoms with Gasteiger partial charge in [0.05, 0.1) is 11.9 Å². The molecule has 0 fully saturated rings. The van der Waals surface area contributed by atoms with Crippen molar-refractivity contribution < 1.29 is 4.79 Å². The average molecular weight is 222 g/mol. The molecule has 0 unspecified atom stereocenters. The lowest BCUT2D eigenvalue weighted by atomic mass is 10.0. The van der Waals surface area contributed by atoms with Crippen molar-refractivity contribution >= 4 is 17.1 Å². The summed E-state index contributed by atoms with van der Waals surface area (Å²) in [6.07, 6.45) is 2.40. The number of hydrogen-bond donors (Lipinski definition) is 1. The Hall–Kier alpha value is -2.42. The monoisotopic (exact) mass is 222 g/mol. The molecule has 0 saturated carbocycles. The highest BCUT2D eigenvalue weighted by atomic mass is 16.1. The number of nitrogens with zero attached hydrogens (tertiary/aromatic N) is 1. The highest BCUT2D eigenvalue weighted by Crippen LogP contribution is 2.26. The first-order valence-corrected chi connectivity index (χ1v) is 5.37. The van der Waals surface area contributed by atoms with Gasteiger partial charge in [-0.2, -0.15) is 0 Å². The second-order valence-electron chi connectivity index (χ2n) is 3.83. The topological polar surface area (TPSA) is 45.8 Å². The number of H-pyrrole nitrogens is 1. The maximum atomic E-state index is 10.6. The van der Waals surface area contributed by atoms with E-state index in [2.05, 4.69) is 28.2 Å². The predicted octanol–water partition coefficient (Wildman–Crippen LogP) is 3.04. The van der Waals surface area contributed by atoms with E-state index in [9.17, 15) is 4.79 Å². The standard InChI is InChI=1S/C14H10N2O/c17-9-14-15-8-13(16-14)12-7-3-5-10-4-1-2-6-11(10)12/h1-9H,(H,15,16). The van der Waals surface area contributed by atoms with Crippen LogP contribution in [0.3, 0.4) is 0 Å². The molecular formula is C14H10N2O. The molecule has 0 amide bonds. The van der Waals surface area contributed by atoms with Gasteiger partial charge in [-0.25, -0.2) is 4.98 Å². The van der Waals surface area contributed by atoms with Gasteiger partial charge in [0.1, 0.15) is 0 Å². The Balaban J connectivity index is 2.26. The van der Waals surface area contributed by atoms with Crippen molar-refractivity contribution in [3.8, 4) is 11.3 Å². The molecule has 0 atom stereocenters. The van der Waals surface area contributed by atoms with E-state index in [-0.39, 0.29) is 0 Å². The fourth-order valence-corrected chi connectivity index (χ4v) is 1.99. The van der Waals surface area contributed by atoms with E-state index in [0.717, 1.165) is 16.6 Å². The van der Waals surface area contributed by atoms with Crippen molar-refractivity contribution in [1.82, 2.24) is 9.97 Å². The summed E-state index contributed by atoms with van der Waals surface area (Å²) in [7, 11) is 0. The smallest absolute Gasteiger partial charge is 0.185 e.